The van der Waals surface area contributed by atoms with Crippen LogP contribution < -0.4 is 10.1 Å². The van der Waals surface area contributed by atoms with Crippen molar-refractivity contribution in [3.63, 3.8) is 0 Å². The van der Waals surface area contributed by atoms with Gasteiger partial charge < -0.3 is 10.1 Å². The highest BCUT2D eigenvalue weighted by atomic mass is 19.4. The first-order chi connectivity index (χ1) is 14.4. The average molecular weight is 412 g/mol. The third kappa shape index (κ3) is 4.24. The Morgan fingerprint density at radius 1 is 1.07 bits per heavy atom. The predicted octanol–water partition coefficient (Wildman–Crippen LogP) is 4.81. The van der Waals surface area contributed by atoms with Gasteiger partial charge in [-0.25, -0.2) is 4.98 Å². The number of nitrogens with zero attached hydrogens (tertiary/aromatic N) is 2. The van der Waals surface area contributed by atoms with Gasteiger partial charge >= 0.3 is 6.18 Å². The number of pyridine rings is 1. The van der Waals surface area contributed by atoms with E-state index in [-0.39, 0.29) is 12.3 Å². The molecule has 0 fully saturated rings. The van der Waals surface area contributed by atoms with Crippen LogP contribution in [0, 0.1) is 0 Å². The van der Waals surface area contributed by atoms with E-state index in [0.717, 1.165) is 17.7 Å². The van der Waals surface area contributed by atoms with Crippen LogP contribution in [0.15, 0.2) is 66.9 Å². The minimum Gasteiger partial charge on any atom is -0.487 e. The summed E-state index contributed by atoms with van der Waals surface area (Å²) in [6.45, 7) is 0.241. The molecule has 6 nitrogen and oxygen atoms in total. The molecular formula is C21H15F3N4O2. The number of carbonyl (C=O) groups excluding carboxylic acids is 1. The number of amides is 1. The Bertz CT molecular complexity index is 1190. The van der Waals surface area contributed by atoms with Crippen LogP contribution in [0.5, 0.6) is 5.75 Å². The van der Waals surface area contributed by atoms with Crippen molar-refractivity contribution in [3.8, 4) is 5.75 Å². The molecule has 0 atom stereocenters. The fourth-order valence-electron chi connectivity index (χ4n) is 2.83. The molecule has 2 N–H and O–H groups in total. The van der Waals surface area contributed by atoms with Crippen LogP contribution in [0.25, 0.3) is 10.9 Å². The number of aromatic amines is 1. The molecule has 0 aliphatic rings. The smallest absolute Gasteiger partial charge is 0.433 e. The van der Waals surface area contributed by atoms with Crippen molar-refractivity contribution in [2.75, 3.05) is 5.32 Å². The summed E-state index contributed by atoms with van der Waals surface area (Å²) in [6, 6.07) is 15.9. The van der Waals surface area contributed by atoms with E-state index in [4.69, 9.17) is 4.74 Å². The van der Waals surface area contributed by atoms with E-state index < -0.39 is 17.8 Å². The molecule has 0 unspecified atom stereocenters. The first kappa shape index (κ1) is 19.4. The Kier molecular flexibility index (Phi) is 5.09. The zero-order chi connectivity index (χ0) is 21.1. The molecule has 152 valence electrons. The molecule has 0 saturated heterocycles. The molecule has 30 heavy (non-hydrogen) atoms. The molecule has 0 aliphatic heterocycles. The summed E-state index contributed by atoms with van der Waals surface area (Å²) in [6.07, 6.45) is -3.08. The molecule has 0 spiro atoms. The van der Waals surface area contributed by atoms with Crippen LogP contribution in [0.1, 0.15) is 21.7 Å². The average Bonchev–Trinajstić information content (AvgIpc) is 3.19. The molecule has 0 saturated carbocycles. The number of anilines is 1. The monoisotopic (exact) mass is 412 g/mol. The molecule has 4 rings (SSSR count). The van der Waals surface area contributed by atoms with Crippen molar-refractivity contribution in [2.24, 2.45) is 0 Å². The highest BCUT2D eigenvalue weighted by Gasteiger charge is 2.33. The Morgan fingerprint density at radius 3 is 2.63 bits per heavy atom. The van der Waals surface area contributed by atoms with Gasteiger partial charge in [0.05, 0.1) is 17.4 Å². The fraction of sp³-hybridized carbons (Fsp3) is 0.0952. The number of alkyl halides is 3. The van der Waals surface area contributed by atoms with Crippen LogP contribution in [0.4, 0.5) is 18.9 Å². The van der Waals surface area contributed by atoms with Crippen molar-refractivity contribution in [1.29, 1.82) is 0 Å². The highest BCUT2D eigenvalue weighted by molar-refractivity contribution is 6.05. The van der Waals surface area contributed by atoms with E-state index in [1.807, 2.05) is 30.3 Å². The van der Waals surface area contributed by atoms with Gasteiger partial charge in [0.25, 0.3) is 5.91 Å². The topological polar surface area (TPSA) is 79.9 Å². The predicted molar refractivity (Wildman–Crippen MR) is 104 cm³/mol. The second kappa shape index (κ2) is 7.86. The minimum absolute atomic E-state index is 0.241. The lowest BCUT2D eigenvalue weighted by Crippen LogP contribution is -2.17. The Labute approximate surface area is 168 Å². The molecule has 2 heterocycles. The summed E-state index contributed by atoms with van der Waals surface area (Å²) in [4.78, 5) is 16.0. The first-order valence-corrected chi connectivity index (χ1v) is 8.89. The Hall–Kier alpha value is -3.88. The second-order valence-corrected chi connectivity index (χ2v) is 6.44. The second-order valence-electron chi connectivity index (χ2n) is 6.44. The number of ether oxygens (including phenoxy) is 1. The first-order valence-electron chi connectivity index (χ1n) is 8.89. The van der Waals surface area contributed by atoms with E-state index in [1.54, 1.807) is 18.3 Å². The summed E-state index contributed by atoms with van der Waals surface area (Å²) >= 11 is 0. The van der Waals surface area contributed by atoms with Gasteiger partial charge in [0.1, 0.15) is 23.7 Å². The van der Waals surface area contributed by atoms with Gasteiger partial charge in [-0.05, 0) is 23.8 Å². The highest BCUT2D eigenvalue weighted by Crippen LogP contribution is 2.31. The summed E-state index contributed by atoms with van der Waals surface area (Å²) in [7, 11) is 0. The van der Waals surface area contributed by atoms with Gasteiger partial charge in [-0.2, -0.15) is 18.3 Å². The minimum atomic E-state index is -4.64. The van der Waals surface area contributed by atoms with Crippen molar-refractivity contribution in [2.45, 2.75) is 12.8 Å². The zero-order valence-corrected chi connectivity index (χ0v) is 15.4. The zero-order valence-electron chi connectivity index (χ0n) is 15.4. The van der Waals surface area contributed by atoms with E-state index in [2.05, 4.69) is 20.5 Å². The van der Waals surface area contributed by atoms with E-state index in [9.17, 15) is 18.0 Å². The number of fused-ring (bicyclic) bond motifs is 1. The number of hydrogen-bond acceptors (Lipinski definition) is 4. The van der Waals surface area contributed by atoms with Gasteiger partial charge in [-0.1, -0.05) is 36.4 Å². The van der Waals surface area contributed by atoms with Crippen LogP contribution in [0.3, 0.4) is 0 Å². The number of rotatable bonds is 5. The molecule has 2 aromatic carbocycles. The molecular weight excluding hydrogens is 397 g/mol. The van der Waals surface area contributed by atoms with Crippen LogP contribution in [-0.2, 0) is 12.8 Å². The molecule has 4 aromatic rings. The van der Waals surface area contributed by atoms with Crippen molar-refractivity contribution < 1.29 is 22.7 Å². The summed E-state index contributed by atoms with van der Waals surface area (Å²) in [5, 5.41) is 10.1. The fourth-order valence-corrected chi connectivity index (χ4v) is 2.83. The van der Waals surface area contributed by atoms with E-state index >= 15 is 0 Å². The maximum Gasteiger partial charge on any atom is 0.433 e. The van der Waals surface area contributed by atoms with Crippen molar-refractivity contribution in [1.82, 2.24) is 15.2 Å². The van der Waals surface area contributed by atoms with Gasteiger partial charge in [0.15, 0.2) is 0 Å². The summed E-state index contributed by atoms with van der Waals surface area (Å²) < 4.78 is 44.5. The maximum absolute atomic E-state index is 12.9. The third-order valence-electron chi connectivity index (χ3n) is 4.30. The molecule has 0 radical (unpaired) electrons. The molecule has 1 amide bonds. The summed E-state index contributed by atoms with van der Waals surface area (Å²) in [5.41, 5.74) is 0.406. The quantitative estimate of drug-likeness (QED) is 0.493. The van der Waals surface area contributed by atoms with Crippen LogP contribution >= 0.6 is 0 Å². The van der Waals surface area contributed by atoms with E-state index in [1.165, 1.54) is 6.07 Å². The lowest BCUT2D eigenvalue weighted by atomic mass is 10.2. The third-order valence-corrected chi connectivity index (χ3v) is 4.30. The van der Waals surface area contributed by atoms with Gasteiger partial charge in [-0.15, -0.1) is 0 Å². The molecule has 0 bridgehead atoms. The number of carbonyl (C=O) groups is 1. The van der Waals surface area contributed by atoms with Gasteiger partial charge in [0.2, 0.25) is 0 Å². The summed E-state index contributed by atoms with van der Waals surface area (Å²) in [5.74, 6) is -0.440. The van der Waals surface area contributed by atoms with Crippen LogP contribution in [0.2, 0.25) is 0 Å². The maximum atomic E-state index is 12.9. The van der Waals surface area contributed by atoms with Gasteiger partial charge in [-0.3, -0.25) is 9.89 Å². The number of H-pyrrole nitrogens is 1. The normalized spacial score (nSPS) is 11.4. The van der Waals surface area contributed by atoms with Crippen molar-refractivity contribution >= 4 is 22.5 Å². The number of hydrogen-bond donors (Lipinski definition) is 2. The lowest BCUT2D eigenvalue weighted by molar-refractivity contribution is -0.141. The largest absolute Gasteiger partial charge is 0.487 e. The molecule has 9 heteroatoms. The Balaban J connectivity index is 1.62. The number of benzene rings is 2. The number of nitrogens with one attached hydrogen (secondary N) is 2. The SMILES string of the molecule is O=C(Nc1cc2cn[nH]c2cc1OCc1ccccc1)c1cccc(C(F)(F)F)n1. The standard InChI is InChI=1S/C21H15F3N4O2/c22-21(23,24)19-8-4-7-15(26-19)20(29)27-17-9-14-11-25-28-16(14)10-18(17)30-12-13-5-2-1-3-6-13/h1-11H,12H2,(H,25,28)(H,27,29). The van der Waals surface area contributed by atoms with Crippen molar-refractivity contribution in [3.05, 3.63) is 83.8 Å². The van der Waals surface area contributed by atoms with E-state index in [0.29, 0.717) is 22.3 Å². The van der Waals surface area contributed by atoms with Crippen LogP contribution in [-0.4, -0.2) is 21.1 Å². The molecule has 0 aliphatic carbocycles. The number of aromatic nitrogens is 3. The number of halogens is 3. The Morgan fingerprint density at radius 2 is 1.87 bits per heavy atom. The lowest BCUT2D eigenvalue weighted by Gasteiger charge is -2.13. The van der Waals surface area contributed by atoms with Gasteiger partial charge in [0, 0.05) is 11.5 Å². The molecule has 2 aromatic heterocycles.